The number of anilines is 2. The van der Waals surface area contributed by atoms with Gasteiger partial charge in [0.1, 0.15) is 47.4 Å². The lowest BCUT2D eigenvalue weighted by Crippen LogP contribution is -2.14. The summed E-state index contributed by atoms with van der Waals surface area (Å²) in [6.45, 7) is 1.47. The van der Waals surface area contributed by atoms with Gasteiger partial charge in [-0.3, -0.25) is 14.9 Å². The van der Waals surface area contributed by atoms with E-state index < -0.39 is 29.3 Å². The Labute approximate surface area is 286 Å². The second-order valence-corrected chi connectivity index (χ2v) is 11.6. The van der Waals surface area contributed by atoms with Crippen LogP contribution in [-0.4, -0.2) is 41.7 Å². The molecule has 1 saturated carbocycles. The predicted octanol–water partition coefficient (Wildman–Crippen LogP) is 7.50. The number of pyridine rings is 1. The fourth-order valence-electron chi connectivity index (χ4n) is 4.34. The Bertz CT molecular complexity index is 2140. The first kappa shape index (κ1) is 33.6. The molecule has 12 nitrogen and oxygen atoms in total. The highest BCUT2D eigenvalue weighted by atomic mass is 32.1. The molecule has 2 N–H and O–H groups in total. The van der Waals surface area contributed by atoms with E-state index in [4.69, 9.17) is 9.47 Å². The van der Waals surface area contributed by atoms with Crippen LogP contribution in [0.25, 0.3) is 0 Å². The van der Waals surface area contributed by atoms with Gasteiger partial charge in [0.25, 0.3) is 11.8 Å². The van der Waals surface area contributed by atoms with Gasteiger partial charge in [0, 0.05) is 34.6 Å². The number of benzene rings is 2. The van der Waals surface area contributed by atoms with Gasteiger partial charge in [0.2, 0.25) is 0 Å². The number of halogens is 3. The number of hydrogen-bond acceptors (Lipinski definition) is 11. The second kappa shape index (κ2) is 15.3. The largest absolute Gasteiger partial charge is 0.454 e. The highest BCUT2D eigenvalue weighted by Crippen LogP contribution is 2.41. The topological polar surface area (TPSA) is 154 Å². The summed E-state index contributed by atoms with van der Waals surface area (Å²) < 4.78 is 51.8. The molecule has 16 heteroatoms. The van der Waals surface area contributed by atoms with Crippen LogP contribution in [0.2, 0.25) is 0 Å². The Morgan fingerprint density at radius 3 is 1.78 bits per heavy atom. The van der Waals surface area contributed by atoms with E-state index in [2.05, 4.69) is 40.5 Å². The molecule has 0 unspecified atom stereocenters. The van der Waals surface area contributed by atoms with Crippen LogP contribution < -0.4 is 20.1 Å². The van der Waals surface area contributed by atoms with Crippen molar-refractivity contribution in [1.82, 2.24) is 29.9 Å². The molecule has 0 atom stereocenters. The lowest BCUT2D eigenvalue weighted by atomic mass is 10.2. The molecule has 0 bridgehead atoms. The number of hydrogen-bond donors (Lipinski definition) is 2. The molecular formula is C34H25F3N8O4S. The molecule has 2 aromatic carbocycles. The second-order valence-electron chi connectivity index (χ2n) is 10.7. The predicted molar refractivity (Wildman–Crippen MR) is 176 cm³/mol. The van der Waals surface area contributed by atoms with Crippen molar-refractivity contribution in [1.29, 1.82) is 0 Å². The smallest absolute Gasteiger partial charge is 0.257 e. The van der Waals surface area contributed by atoms with Gasteiger partial charge < -0.3 is 14.8 Å². The minimum absolute atomic E-state index is 0.0237. The van der Waals surface area contributed by atoms with Crippen molar-refractivity contribution in [2.75, 3.05) is 10.6 Å². The summed E-state index contributed by atoms with van der Waals surface area (Å²) in [6.07, 6.45) is 10.7. The SMILES string of the molecule is Cc1nc(NC(=O)c2cc(F)cc(Oc3cncnc3)c2)ccc1F.O=C(Nc1nc(C2CC2)cs1)c1cc(F)cc(Oc2cncnc2)c1. The zero-order chi connectivity index (χ0) is 35.0. The molecule has 4 heterocycles. The summed E-state index contributed by atoms with van der Waals surface area (Å²) in [4.78, 5) is 48.2. The van der Waals surface area contributed by atoms with Crippen molar-refractivity contribution < 1.29 is 32.2 Å². The van der Waals surface area contributed by atoms with Gasteiger partial charge in [0.15, 0.2) is 16.6 Å². The molecule has 1 fully saturated rings. The van der Waals surface area contributed by atoms with E-state index in [1.54, 1.807) is 0 Å². The molecule has 1 aliphatic rings. The summed E-state index contributed by atoms with van der Waals surface area (Å²) >= 11 is 1.37. The molecule has 0 aliphatic heterocycles. The van der Waals surface area contributed by atoms with Crippen molar-refractivity contribution >= 4 is 34.1 Å². The van der Waals surface area contributed by atoms with Crippen LogP contribution in [-0.2, 0) is 0 Å². The van der Waals surface area contributed by atoms with Crippen LogP contribution in [0.4, 0.5) is 24.1 Å². The van der Waals surface area contributed by atoms with E-state index in [9.17, 15) is 22.8 Å². The normalized spacial score (nSPS) is 11.9. The number of nitrogens with zero attached hydrogens (tertiary/aromatic N) is 6. The standard InChI is InChI=1S/C17H12F2N4O2.C17H13FN4O2S/c1-10-15(19)2-3-16(22-10)23-17(24)11-4-12(18)6-13(5-11)25-14-7-20-9-21-8-14;18-12-3-11(4-13(5-12)24-14-6-19-9-20-7-14)16(23)22-17-21-15(8-25-17)10-1-2-10/h2-9H,1H3,(H,22,23,24);3-10H,1-2H2,(H,21,22,23). The number of carbonyl (C=O) groups excluding carboxylic acids is 2. The van der Waals surface area contributed by atoms with Gasteiger partial charge in [-0.1, -0.05) is 0 Å². The number of carbonyl (C=O) groups is 2. The maximum absolute atomic E-state index is 13.8. The van der Waals surface area contributed by atoms with Crippen molar-refractivity contribution in [2.24, 2.45) is 0 Å². The quantitative estimate of drug-likeness (QED) is 0.155. The van der Waals surface area contributed by atoms with Gasteiger partial charge in [-0.15, -0.1) is 11.3 Å². The maximum Gasteiger partial charge on any atom is 0.257 e. The van der Waals surface area contributed by atoms with Crippen LogP contribution in [0.3, 0.4) is 0 Å². The summed E-state index contributed by atoms with van der Waals surface area (Å²) in [5.41, 5.74) is 1.32. The van der Waals surface area contributed by atoms with Gasteiger partial charge in [-0.05, 0) is 56.2 Å². The molecule has 4 aromatic heterocycles. The summed E-state index contributed by atoms with van der Waals surface area (Å²) in [6, 6.07) is 9.86. The van der Waals surface area contributed by atoms with Crippen LogP contribution in [0.15, 0.2) is 91.4 Å². The van der Waals surface area contributed by atoms with Crippen LogP contribution in [0.5, 0.6) is 23.0 Å². The van der Waals surface area contributed by atoms with Crippen molar-refractivity contribution in [3.8, 4) is 23.0 Å². The third-order valence-electron chi connectivity index (χ3n) is 6.81. The lowest BCUT2D eigenvalue weighted by Gasteiger charge is -2.09. The average molecular weight is 699 g/mol. The third-order valence-corrected chi connectivity index (χ3v) is 7.59. The van der Waals surface area contributed by atoms with Crippen LogP contribution in [0, 0.1) is 24.4 Å². The lowest BCUT2D eigenvalue weighted by molar-refractivity contribution is 0.101. The molecular weight excluding hydrogens is 673 g/mol. The zero-order valence-electron chi connectivity index (χ0n) is 26.0. The molecule has 6 aromatic rings. The summed E-state index contributed by atoms with van der Waals surface area (Å²) in [5, 5.41) is 7.64. The monoisotopic (exact) mass is 698 g/mol. The highest BCUT2D eigenvalue weighted by molar-refractivity contribution is 7.14. The van der Waals surface area contributed by atoms with Crippen LogP contribution in [0.1, 0.15) is 50.9 Å². The molecule has 252 valence electrons. The molecule has 50 heavy (non-hydrogen) atoms. The van der Waals surface area contributed by atoms with Crippen molar-refractivity contribution in [2.45, 2.75) is 25.7 Å². The zero-order valence-corrected chi connectivity index (χ0v) is 26.8. The first-order valence-electron chi connectivity index (χ1n) is 14.9. The number of ether oxygens (including phenoxy) is 2. The van der Waals surface area contributed by atoms with Gasteiger partial charge >= 0.3 is 0 Å². The molecule has 0 radical (unpaired) electrons. The molecule has 1 aliphatic carbocycles. The van der Waals surface area contributed by atoms with E-state index >= 15 is 0 Å². The Morgan fingerprint density at radius 1 is 0.720 bits per heavy atom. The fourth-order valence-corrected chi connectivity index (χ4v) is 5.12. The summed E-state index contributed by atoms with van der Waals surface area (Å²) in [7, 11) is 0. The van der Waals surface area contributed by atoms with E-state index in [0.29, 0.717) is 22.5 Å². The number of aromatic nitrogens is 6. The van der Waals surface area contributed by atoms with Gasteiger partial charge in [-0.2, -0.15) is 0 Å². The van der Waals surface area contributed by atoms with E-state index in [0.717, 1.165) is 36.7 Å². The van der Waals surface area contributed by atoms with E-state index in [1.807, 2.05) is 5.38 Å². The first-order chi connectivity index (χ1) is 24.2. The van der Waals surface area contributed by atoms with E-state index in [-0.39, 0.29) is 34.1 Å². The number of nitrogens with one attached hydrogen (secondary N) is 2. The minimum atomic E-state index is -0.650. The Morgan fingerprint density at radius 2 is 1.26 bits per heavy atom. The Hall–Kier alpha value is -6.29. The van der Waals surface area contributed by atoms with E-state index in [1.165, 1.54) is 86.0 Å². The first-order valence-corrected chi connectivity index (χ1v) is 15.7. The summed E-state index contributed by atoms with van der Waals surface area (Å²) in [5.74, 6) is -1.11. The molecule has 0 spiro atoms. The highest BCUT2D eigenvalue weighted by Gasteiger charge is 2.26. The molecule has 2 amide bonds. The van der Waals surface area contributed by atoms with Crippen molar-refractivity contribution in [3.05, 3.63) is 131 Å². The number of thiazole rings is 1. The third kappa shape index (κ3) is 9.19. The number of rotatable bonds is 9. The number of aryl methyl sites for hydroxylation is 1. The van der Waals surface area contributed by atoms with Gasteiger partial charge in [-0.25, -0.2) is 43.1 Å². The Balaban J connectivity index is 0.000000173. The van der Waals surface area contributed by atoms with Gasteiger partial charge in [0.05, 0.1) is 36.2 Å². The molecule has 7 rings (SSSR count). The fraction of sp³-hybridized carbons (Fsp3) is 0.118. The Kier molecular flexibility index (Phi) is 10.3. The van der Waals surface area contributed by atoms with Crippen molar-refractivity contribution in [3.63, 3.8) is 0 Å². The minimum Gasteiger partial charge on any atom is -0.454 e. The maximum atomic E-state index is 13.8. The van der Waals surface area contributed by atoms with Crippen LogP contribution >= 0.6 is 11.3 Å². The molecule has 0 saturated heterocycles. The average Bonchev–Trinajstić information content (AvgIpc) is 3.85. The number of amides is 2.